The van der Waals surface area contributed by atoms with Crippen LogP contribution in [0, 0.1) is 5.82 Å². The van der Waals surface area contributed by atoms with E-state index in [-0.39, 0.29) is 16.9 Å². The van der Waals surface area contributed by atoms with Gasteiger partial charge in [-0.2, -0.15) is 0 Å². The van der Waals surface area contributed by atoms with Crippen molar-refractivity contribution in [1.29, 1.82) is 0 Å². The summed E-state index contributed by atoms with van der Waals surface area (Å²) >= 11 is 3.38. The zero-order valence-electron chi connectivity index (χ0n) is 23.3. The van der Waals surface area contributed by atoms with Gasteiger partial charge in [0.15, 0.2) is 0 Å². The molecule has 1 N–H and O–H groups in total. The maximum absolute atomic E-state index is 14.9. The number of rotatable bonds is 17. The third-order valence-electron chi connectivity index (χ3n) is 7.59. The molecule has 0 aromatic heterocycles. The summed E-state index contributed by atoms with van der Waals surface area (Å²) in [5.41, 5.74) is 0.562. The Hall–Kier alpha value is -2.47. The summed E-state index contributed by atoms with van der Waals surface area (Å²) in [6.45, 7) is 2.59. The van der Waals surface area contributed by atoms with Crippen molar-refractivity contribution in [3.8, 4) is 0 Å². The predicted molar refractivity (Wildman–Crippen MR) is 160 cm³/mol. The quantitative estimate of drug-likeness (QED) is 0.0852. The van der Waals surface area contributed by atoms with E-state index in [1.54, 1.807) is 42.5 Å². The van der Waals surface area contributed by atoms with Crippen molar-refractivity contribution in [2.75, 3.05) is 6.54 Å². The fraction of sp³-hybridized carbons (Fsp3) is 0.515. The first kappa shape index (κ1) is 31.1. The molecular formula is C33H43BrFNO3. The second kappa shape index (κ2) is 16.6. The van der Waals surface area contributed by atoms with Crippen LogP contribution in [0.25, 0.3) is 5.76 Å². The topological polar surface area (TPSA) is 57.6 Å². The summed E-state index contributed by atoms with van der Waals surface area (Å²) in [6.07, 6.45) is 17.2. The molecule has 39 heavy (non-hydrogen) atoms. The number of halogens is 2. The Morgan fingerprint density at radius 1 is 0.821 bits per heavy atom. The summed E-state index contributed by atoms with van der Waals surface area (Å²) in [6, 6.07) is 12.1. The van der Waals surface area contributed by atoms with E-state index in [4.69, 9.17) is 0 Å². The van der Waals surface area contributed by atoms with Crippen LogP contribution in [0.15, 0.2) is 58.6 Å². The Balaban J connectivity index is 1.54. The lowest BCUT2D eigenvalue weighted by Gasteiger charge is -2.25. The molecule has 0 spiro atoms. The second-order valence-electron chi connectivity index (χ2n) is 10.6. The van der Waals surface area contributed by atoms with Gasteiger partial charge in [0.25, 0.3) is 11.7 Å². The number of carbonyl (C=O) groups is 2. The van der Waals surface area contributed by atoms with Crippen LogP contribution in [0.4, 0.5) is 4.39 Å². The van der Waals surface area contributed by atoms with Crippen molar-refractivity contribution >= 4 is 33.4 Å². The molecule has 1 fully saturated rings. The van der Waals surface area contributed by atoms with Crippen LogP contribution >= 0.6 is 15.9 Å². The van der Waals surface area contributed by atoms with E-state index in [1.165, 1.54) is 75.2 Å². The highest BCUT2D eigenvalue weighted by Gasteiger charge is 2.46. The van der Waals surface area contributed by atoms with Gasteiger partial charge in [-0.3, -0.25) is 9.59 Å². The van der Waals surface area contributed by atoms with Crippen LogP contribution in [0.3, 0.4) is 0 Å². The van der Waals surface area contributed by atoms with Crippen LogP contribution in [-0.4, -0.2) is 28.2 Å². The predicted octanol–water partition coefficient (Wildman–Crippen LogP) is 9.49. The molecule has 1 heterocycles. The van der Waals surface area contributed by atoms with Crippen molar-refractivity contribution < 1.29 is 19.1 Å². The van der Waals surface area contributed by atoms with Gasteiger partial charge in [0.2, 0.25) is 0 Å². The molecule has 0 unspecified atom stereocenters. The van der Waals surface area contributed by atoms with Gasteiger partial charge in [-0.1, -0.05) is 137 Å². The van der Waals surface area contributed by atoms with Crippen LogP contribution in [0.5, 0.6) is 0 Å². The minimum absolute atomic E-state index is 0.0615. The molecule has 1 amide bonds. The van der Waals surface area contributed by atoms with E-state index < -0.39 is 23.5 Å². The van der Waals surface area contributed by atoms with Gasteiger partial charge in [0.1, 0.15) is 11.6 Å². The normalized spacial score (nSPS) is 16.8. The molecular weight excluding hydrogens is 557 g/mol. The number of Topliss-reactive ketones (excluding diaryl/α,β-unsaturated/α-hetero) is 1. The number of benzene rings is 2. The molecule has 1 atom stereocenters. The summed E-state index contributed by atoms with van der Waals surface area (Å²) in [5.74, 6) is -2.25. The Kier molecular flexibility index (Phi) is 13.2. The van der Waals surface area contributed by atoms with Gasteiger partial charge in [-0.05, 0) is 24.6 Å². The van der Waals surface area contributed by atoms with Crippen LogP contribution in [0.1, 0.15) is 114 Å². The first-order valence-electron chi connectivity index (χ1n) is 14.7. The lowest BCUT2D eigenvalue weighted by atomic mass is 9.95. The van der Waals surface area contributed by atoms with Gasteiger partial charge >= 0.3 is 0 Å². The molecule has 212 valence electrons. The lowest BCUT2D eigenvalue weighted by Crippen LogP contribution is -2.31. The highest BCUT2D eigenvalue weighted by atomic mass is 79.9. The van der Waals surface area contributed by atoms with Crippen LogP contribution in [0.2, 0.25) is 0 Å². The number of amides is 1. The Labute approximate surface area is 241 Å². The molecule has 2 aromatic rings. The zero-order chi connectivity index (χ0) is 28.0. The molecule has 0 aliphatic carbocycles. The molecule has 1 saturated heterocycles. The molecule has 0 bridgehead atoms. The standard InChI is InChI=1S/C33H43BrFNO3/c1-2-3-4-5-6-7-8-9-10-11-12-13-14-17-23-36-30(27-21-15-16-22-28(27)35)29(32(38)33(36)39)31(37)25-19-18-20-26(34)24-25/h15-16,18-22,24,30,37H,2-14,17,23H2,1H3/t30-/m1/s1. The summed E-state index contributed by atoms with van der Waals surface area (Å²) < 4.78 is 15.6. The number of unbranched alkanes of at least 4 members (excludes halogenated alkanes) is 13. The minimum Gasteiger partial charge on any atom is -0.507 e. The molecule has 1 aliphatic rings. The van der Waals surface area contributed by atoms with Gasteiger partial charge in [-0.25, -0.2) is 4.39 Å². The first-order chi connectivity index (χ1) is 19.0. The van der Waals surface area contributed by atoms with Gasteiger partial charge in [0.05, 0.1) is 11.6 Å². The molecule has 0 saturated carbocycles. The summed E-state index contributed by atoms with van der Waals surface area (Å²) in [4.78, 5) is 27.6. The molecule has 6 heteroatoms. The maximum Gasteiger partial charge on any atom is 0.295 e. The van der Waals surface area contributed by atoms with Gasteiger partial charge in [0, 0.05) is 22.1 Å². The SMILES string of the molecule is CCCCCCCCCCCCCCCCN1C(=O)C(=O)C(=C(O)c2cccc(Br)c2)[C@H]1c1ccccc1F. The number of nitrogens with zero attached hydrogens (tertiary/aromatic N) is 1. The number of hydrogen-bond acceptors (Lipinski definition) is 3. The molecule has 2 aromatic carbocycles. The van der Waals surface area contributed by atoms with Crippen LogP contribution < -0.4 is 0 Å². The largest absolute Gasteiger partial charge is 0.507 e. The monoisotopic (exact) mass is 599 g/mol. The van der Waals surface area contributed by atoms with Crippen molar-refractivity contribution in [1.82, 2.24) is 4.90 Å². The number of ketones is 1. The Morgan fingerprint density at radius 3 is 1.95 bits per heavy atom. The Morgan fingerprint density at radius 2 is 1.38 bits per heavy atom. The van der Waals surface area contributed by atoms with E-state index in [0.717, 1.165) is 30.2 Å². The lowest BCUT2D eigenvalue weighted by molar-refractivity contribution is -0.140. The molecule has 4 nitrogen and oxygen atoms in total. The first-order valence-corrected chi connectivity index (χ1v) is 15.5. The molecule has 1 aliphatic heterocycles. The Bertz CT molecular complexity index is 1120. The highest BCUT2D eigenvalue weighted by Crippen LogP contribution is 2.40. The average molecular weight is 601 g/mol. The van der Waals surface area contributed by atoms with E-state index in [0.29, 0.717) is 12.1 Å². The molecule has 0 radical (unpaired) electrons. The fourth-order valence-electron chi connectivity index (χ4n) is 5.40. The number of hydrogen-bond donors (Lipinski definition) is 1. The molecule has 3 rings (SSSR count). The number of aliphatic hydroxyl groups is 1. The maximum atomic E-state index is 14.9. The second-order valence-corrected chi connectivity index (χ2v) is 11.5. The fourth-order valence-corrected chi connectivity index (χ4v) is 5.80. The van der Waals surface area contributed by atoms with E-state index in [2.05, 4.69) is 22.9 Å². The average Bonchev–Trinajstić information content (AvgIpc) is 3.18. The zero-order valence-corrected chi connectivity index (χ0v) is 24.9. The van der Waals surface area contributed by atoms with E-state index in [9.17, 15) is 19.1 Å². The summed E-state index contributed by atoms with van der Waals surface area (Å²) in [5, 5.41) is 11.1. The van der Waals surface area contributed by atoms with Crippen molar-refractivity contribution in [2.24, 2.45) is 0 Å². The number of likely N-dealkylation sites (tertiary alicyclic amines) is 1. The van der Waals surface area contributed by atoms with Crippen molar-refractivity contribution in [3.63, 3.8) is 0 Å². The van der Waals surface area contributed by atoms with E-state index >= 15 is 0 Å². The van der Waals surface area contributed by atoms with Crippen molar-refractivity contribution in [2.45, 2.75) is 103 Å². The van der Waals surface area contributed by atoms with Gasteiger partial charge < -0.3 is 10.0 Å². The minimum atomic E-state index is -0.952. The third kappa shape index (κ3) is 9.02. The van der Waals surface area contributed by atoms with Gasteiger partial charge in [-0.15, -0.1) is 0 Å². The third-order valence-corrected chi connectivity index (χ3v) is 8.08. The highest BCUT2D eigenvalue weighted by molar-refractivity contribution is 9.10. The van der Waals surface area contributed by atoms with Crippen molar-refractivity contribution in [3.05, 3.63) is 75.5 Å². The van der Waals surface area contributed by atoms with E-state index in [1.807, 2.05) is 0 Å². The van der Waals surface area contributed by atoms with Crippen LogP contribution in [-0.2, 0) is 9.59 Å². The summed E-state index contributed by atoms with van der Waals surface area (Å²) in [7, 11) is 0. The number of aliphatic hydroxyl groups excluding tert-OH is 1. The number of carbonyl (C=O) groups excluding carboxylic acids is 2. The smallest absolute Gasteiger partial charge is 0.295 e.